The van der Waals surface area contributed by atoms with Gasteiger partial charge < -0.3 is 9.26 Å². The molecule has 0 spiro atoms. The van der Waals surface area contributed by atoms with Crippen molar-refractivity contribution in [1.29, 1.82) is 5.26 Å². The van der Waals surface area contributed by atoms with E-state index < -0.39 is 49.3 Å². The molecule has 0 aliphatic heterocycles. The minimum absolute atomic E-state index is 0.162. The van der Waals surface area contributed by atoms with Gasteiger partial charge >= 0.3 is 0 Å². The smallest absolute Gasteiger partial charge is 0.258 e. The van der Waals surface area contributed by atoms with Crippen molar-refractivity contribution < 1.29 is 20.2 Å². The number of hydrogen-bond acceptors (Lipinski definition) is 5. The van der Waals surface area contributed by atoms with Gasteiger partial charge in [-0.3, -0.25) is 0 Å². The van der Waals surface area contributed by atoms with Gasteiger partial charge in [-0.2, -0.15) is 10.2 Å². The van der Waals surface area contributed by atoms with E-state index in [0.29, 0.717) is 5.56 Å². The highest BCUT2D eigenvalue weighted by molar-refractivity contribution is 9.10. The molecule has 1 aromatic heterocycles. The molecule has 126 valence electrons. The molecule has 6 heteroatoms. The molecule has 0 saturated carbocycles. The van der Waals surface area contributed by atoms with Crippen LogP contribution in [-0.4, -0.2) is 16.2 Å². The molecular formula is C19H16BrN3O2. The van der Waals surface area contributed by atoms with E-state index in [1.807, 2.05) is 13.0 Å². The summed E-state index contributed by atoms with van der Waals surface area (Å²) in [5.74, 6) is -0.865. The van der Waals surface area contributed by atoms with Crippen LogP contribution in [0.25, 0.3) is 22.8 Å². The largest absolute Gasteiger partial charge is 0.490 e. The van der Waals surface area contributed by atoms with Crippen molar-refractivity contribution in [3.63, 3.8) is 0 Å². The first kappa shape index (κ1) is 9.73. The Morgan fingerprint density at radius 2 is 2.36 bits per heavy atom. The van der Waals surface area contributed by atoms with E-state index in [9.17, 15) is 5.26 Å². The fraction of sp³-hybridized carbons (Fsp3) is 0.211. The second kappa shape index (κ2) is 7.08. The van der Waals surface area contributed by atoms with Gasteiger partial charge in [0.25, 0.3) is 5.89 Å². The lowest BCUT2D eigenvalue weighted by Crippen LogP contribution is -2.06. The Morgan fingerprint density at radius 1 is 1.48 bits per heavy atom. The predicted octanol–water partition coefficient (Wildman–Crippen LogP) is 5.13. The molecule has 25 heavy (non-hydrogen) atoms. The quantitative estimate of drug-likeness (QED) is 0.600. The Balaban J connectivity index is 2.17. The van der Waals surface area contributed by atoms with Gasteiger partial charge in [0.05, 0.1) is 17.1 Å². The molecule has 0 N–H and O–H groups in total. The third kappa shape index (κ3) is 3.57. The number of rotatable bonds is 4. The second-order valence-electron chi connectivity index (χ2n) is 4.93. The van der Waals surface area contributed by atoms with Crippen molar-refractivity contribution in [3.8, 4) is 34.7 Å². The van der Waals surface area contributed by atoms with Crippen LogP contribution in [0, 0.1) is 18.3 Å². The van der Waals surface area contributed by atoms with Gasteiger partial charge in [-0.15, -0.1) is 0 Å². The summed E-state index contributed by atoms with van der Waals surface area (Å²) in [5.41, 5.74) is 0.539. The summed E-state index contributed by atoms with van der Waals surface area (Å²) in [5, 5.41) is 13.5. The molecule has 0 aliphatic rings. The van der Waals surface area contributed by atoms with Crippen LogP contribution in [0.4, 0.5) is 0 Å². The second-order valence-corrected chi connectivity index (χ2v) is 5.78. The van der Waals surface area contributed by atoms with Crippen molar-refractivity contribution in [2.24, 2.45) is 0 Å². The average Bonchev–Trinajstić information content (AvgIpc) is 3.22. The monoisotopic (exact) mass is 405 g/mol. The molecule has 2 aromatic carbocycles. The maximum atomic E-state index is 9.59. The molecule has 1 unspecified atom stereocenters. The van der Waals surface area contributed by atoms with Gasteiger partial charge in [0, 0.05) is 21.1 Å². The molecule has 0 saturated heterocycles. The van der Waals surface area contributed by atoms with E-state index in [1.54, 1.807) is 18.2 Å². The number of aromatic nitrogens is 2. The van der Waals surface area contributed by atoms with Crippen molar-refractivity contribution in [2.45, 2.75) is 26.8 Å². The number of benzene rings is 2. The van der Waals surface area contributed by atoms with Gasteiger partial charge in [-0.25, -0.2) is 0 Å². The lowest BCUT2D eigenvalue weighted by atomic mass is 10.1. The molecule has 0 bridgehead atoms. The molecule has 3 aromatic rings. The number of halogens is 1. The van der Waals surface area contributed by atoms with Crippen molar-refractivity contribution in [2.75, 3.05) is 0 Å². The van der Waals surface area contributed by atoms with E-state index in [-0.39, 0.29) is 17.3 Å². The van der Waals surface area contributed by atoms with Crippen LogP contribution >= 0.6 is 15.9 Å². The minimum Gasteiger partial charge on any atom is -0.490 e. The molecule has 0 fully saturated rings. The van der Waals surface area contributed by atoms with Crippen LogP contribution in [0.5, 0.6) is 5.75 Å². The van der Waals surface area contributed by atoms with Crippen molar-refractivity contribution in [3.05, 3.63) is 51.9 Å². The highest BCUT2D eigenvalue weighted by Crippen LogP contribution is 2.30. The molecule has 3 rings (SSSR count). The summed E-state index contributed by atoms with van der Waals surface area (Å²) in [6.07, 6.45) is -2.80. The molecule has 0 aliphatic carbocycles. The van der Waals surface area contributed by atoms with Crippen molar-refractivity contribution >= 4 is 15.9 Å². The lowest BCUT2D eigenvalue weighted by Gasteiger charge is -2.11. The van der Waals surface area contributed by atoms with Crippen LogP contribution in [0.2, 0.25) is 0 Å². The highest BCUT2D eigenvalue weighted by Gasteiger charge is 2.15. The normalized spacial score (nSPS) is 18.1. The maximum Gasteiger partial charge on any atom is 0.258 e. The molecule has 0 radical (unpaired) electrons. The van der Waals surface area contributed by atoms with E-state index >= 15 is 0 Å². The van der Waals surface area contributed by atoms with Crippen LogP contribution in [0.3, 0.4) is 0 Å². The number of ether oxygens (including phenoxy) is 1. The minimum atomic E-state index is -3.08. The SMILES string of the molecule is [2H]CC([2H])(Oc1c([2H])c([2H])c(-c2nc(-c3cccc(Br)c3C)no2)c([2H])c1C#N)C([2H])([2H])[2H]. The molecule has 0 amide bonds. The predicted molar refractivity (Wildman–Crippen MR) is 98.1 cm³/mol. The fourth-order valence-electron chi connectivity index (χ4n) is 2.06. The van der Waals surface area contributed by atoms with E-state index in [2.05, 4.69) is 26.1 Å². The Hall–Kier alpha value is -2.65. The maximum absolute atomic E-state index is 9.59. The summed E-state index contributed by atoms with van der Waals surface area (Å²) in [7, 11) is 0. The van der Waals surface area contributed by atoms with E-state index in [1.165, 1.54) is 0 Å². The first-order chi connectivity index (χ1) is 15.4. The summed E-state index contributed by atoms with van der Waals surface area (Å²) >= 11 is 3.41. The first-order valence-corrected chi connectivity index (χ1v) is 7.77. The van der Waals surface area contributed by atoms with Crippen LogP contribution < -0.4 is 4.74 Å². The third-order valence-corrected chi connectivity index (χ3v) is 4.12. The number of nitriles is 1. The van der Waals surface area contributed by atoms with Crippen LogP contribution in [0.1, 0.15) is 35.8 Å². The Labute approximate surface area is 165 Å². The van der Waals surface area contributed by atoms with Gasteiger partial charge in [-0.1, -0.05) is 33.2 Å². The Morgan fingerprint density at radius 3 is 3.12 bits per heavy atom. The van der Waals surface area contributed by atoms with Crippen molar-refractivity contribution in [1.82, 2.24) is 10.1 Å². The molecule has 1 atom stereocenters. The third-order valence-electron chi connectivity index (χ3n) is 3.26. The number of nitrogens with zero attached hydrogens (tertiary/aromatic N) is 3. The summed E-state index contributed by atoms with van der Waals surface area (Å²) in [4.78, 5) is 4.22. The lowest BCUT2D eigenvalue weighted by molar-refractivity contribution is 0.242. The molecule has 5 nitrogen and oxygen atoms in total. The van der Waals surface area contributed by atoms with Gasteiger partial charge in [0.2, 0.25) is 5.82 Å². The Kier molecular flexibility index (Phi) is 2.76. The first-order valence-electron chi connectivity index (χ1n) is 11.2. The Bertz CT molecular complexity index is 1270. The molecular weight excluding hydrogens is 382 g/mol. The van der Waals surface area contributed by atoms with E-state index in [4.69, 9.17) is 20.2 Å². The van der Waals surface area contributed by atoms with Gasteiger partial charge in [0.15, 0.2) is 0 Å². The van der Waals surface area contributed by atoms with Gasteiger partial charge in [-0.05, 0) is 50.4 Å². The zero-order valence-electron chi connectivity index (χ0n) is 21.0. The fourth-order valence-corrected chi connectivity index (χ4v) is 2.43. The topological polar surface area (TPSA) is 71.9 Å². The van der Waals surface area contributed by atoms with E-state index in [0.717, 1.165) is 10.0 Å². The van der Waals surface area contributed by atoms with Gasteiger partial charge in [0.1, 0.15) is 11.8 Å². The average molecular weight is 406 g/mol. The highest BCUT2D eigenvalue weighted by atomic mass is 79.9. The summed E-state index contributed by atoms with van der Waals surface area (Å²) < 4.78 is 73.9. The zero-order valence-corrected chi connectivity index (χ0v) is 14.6. The van der Waals surface area contributed by atoms with Crippen LogP contribution in [-0.2, 0) is 0 Å². The standard InChI is InChI=1S/C19H16BrN3O2/c1-11(2)24-17-8-7-13(9-14(17)10-21)19-22-18(23-25-19)15-5-4-6-16(20)12(15)3/h4-9,11H,1-3H3/i1D,2D3,7D,8D,9D,11D. The van der Waals surface area contributed by atoms with Crippen LogP contribution in [0.15, 0.2) is 45.3 Å². The summed E-state index contributed by atoms with van der Waals surface area (Å²) in [6.45, 7) is -2.29. The zero-order chi connectivity index (χ0) is 24.7. The number of hydrogen-bond donors (Lipinski definition) is 0. The summed E-state index contributed by atoms with van der Waals surface area (Å²) in [6, 6.07) is 5.01. The molecule has 1 heterocycles.